The minimum Gasteiger partial charge on any atom is -0.399 e. The molecule has 0 radical (unpaired) electrons. The van der Waals surface area contributed by atoms with Crippen LogP contribution >= 0.6 is 0 Å². The fourth-order valence-corrected chi connectivity index (χ4v) is 11.4. The van der Waals surface area contributed by atoms with Crippen LogP contribution in [-0.2, 0) is 49.0 Å². The molecule has 402 valence electrons. The minimum atomic E-state index is -0.557. The molecule has 5 aromatic rings. The molecule has 0 bridgehead atoms. The second-order valence-electron chi connectivity index (χ2n) is 22.5. The smallest absolute Gasteiger partial charge is 0.399 e. The van der Waals surface area contributed by atoms with Gasteiger partial charge in [-0.15, -0.1) is 0 Å². The van der Waals surface area contributed by atoms with Crippen LogP contribution in [0.5, 0.6) is 0 Å². The molecule has 2 N–H and O–H groups in total. The number of rotatable bonds is 21. The van der Waals surface area contributed by atoms with Gasteiger partial charge in [-0.2, -0.15) is 9.59 Å². The summed E-state index contributed by atoms with van der Waals surface area (Å²) in [6, 6.07) is 37.0. The summed E-state index contributed by atoms with van der Waals surface area (Å²) in [5.74, 6) is 0. The van der Waals surface area contributed by atoms with Crippen molar-refractivity contribution in [3.63, 3.8) is 0 Å². The molecule has 0 atom stereocenters. The molecule has 5 aromatic carbocycles. The lowest BCUT2D eigenvalue weighted by Crippen LogP contribution is -2.41. The second kappa shape index (κ2) is 26.4. The molecule has 0 aliphatic carbocycles. The van der Waals surface area contributed by atoms with Crippen molar-refractivity contribution in [2.24, 2.45) is 0 Å². The summed E-state index contributed by atoms with van der Waals surface area (Å²) in [6.45, 7) is 37.1. The Hall–Kier alpha value is -4.62. The van der Waals surface area contributed by atoms with E-state index in [-0.39, 0.29) is 35.3 Å². The number of hydrogen-bond acceptors (Lipinski definition) is 6. The van der Waals surface area contributed by atoms with Crippen LogP contribution in [0.15, 0.2) is 97.1 Å². The van der Waals surface area contributed by atoms with Gasteiger partial charge < -0.3 is 19.5 Å². The van der Waals surface area contributed by atoms with E-state index in [1.807, 2.05) is 0 Å². The summed E-state index contributed by atoms with van der Waals surface area (Å²) in [4.78, 5) is 16.2. The third-order valence-corrected chi connectivity index (χ3v) is 18.3. The SMILES string of the molecule is CCC(O)(CC)CCc1ccc(C(CC)(CC)c2ccc(B3OC(C)(C)C(C)(C)O3)c(C)c2)cc1C.CCc1ccc(-c2ccc(C(CC)(CC)c3ccc(CCC(O)(CC)CC)c(C)c3)cc2C)cc1.O=C=O. The van der Waals surface area contributed by atoms with Gasteiger partial charge in [0.15, 0.2) is 0 Å². The molecule has 0 saturated carbocycles. The molecular weight excluding hydrogens is 912 g/mol. The van der Waals surface area contributed by atoms with Crippen LogP contribution in [0.3, 0.4) is 0 Å². The van der Waals surface area contributed by atoms with E-state index in [2.05, 4.69) is 215 Å². The molecule has 0 unspecified atom stereocenters. The third-order valence-electron chi connectivity index (χ3n) is 18.3. The standard InChI is InChI=1S/C34H46O.C32H49BO3.CO2/c1-8-27-13-15-29(16-14-27)32-20-19-31(24-26(32)7)34(11-4,12-5)30-18-17-28(25(6)23-30)21-22-33(35,9-2)10-3;1-11-31(34,12-2)20-19-25-15-16-26(21-23(25)5)32(13-3,14-4)27-17-18-28(24(6)22-27)33-35-29(7,8)30(9,10)36-33;2-1-3/h13-20,23-24,35H,8-12,21-22H2,1-7H3;15-18,21-22,34H,11-14,19-20H2,1-10H3;. The van der Waals surface area contributed by atoms with E-state index in [9.17, 15) is 10.2 Å². The van der Waals surface area contributed by atoms with Gasteiger partial charge >= 0.3 is 13.3 Å². The van der Waals surface area contributed by atoms with E-state index >= 15 is 0 Å². The number of carbonyl (C=O) groups excluding carboxylic acids is 2. The molecule has 74 heavy (non-hydrogen) atoms. The van der Waals surface area contributed by atoms with Gasteiger partial charge in [0.25, 0.3) is 0 Å². The van der Waals surface area contributed by atoms with Crippen LogP contribution in [0, 0.1) is 27.7 Å². The molecule has 7 heteroatoms. The topological polar surface area (TPSA) is 93.1 Å². The lowest BCUT2D eigenvalue weighted by atomic mass is 9.67. The average Bonchev–Trinajstić information content (AvgIpc) is 3.62. The number of aliphatic hydroxyl groups is 2. The Bertz CT molecular complexity index is 2590. The molecule has 0 aromatic heterocycles. The number of hydrogen-bond donors (Lipinski definition) is 2. The third kappa shape index (κ3) is 13.9. The van der Waals surface area contributed by atoms with Gasteiger partial charge in [0, 0.05) is 10.8 Å². The van der Waals surface area contributed by atoms with Crippen LogP contribution in [-0.4, -0.2) is 45.9 Å². The van der Waals surface area contributed by atoms with Crippen molar-refractivity contribution in [2.75, 3.05) is 0 Å². The van der Waals surface area contributed by atoms with Crippen molar-refractivity contribution in [1.82, 2.24) is 0 Å². The van der Waals surface area contributed by atoms with Crippen molar-refractivity contribution in [2.45, 2.75) is 234 Å². The van der Waals surface area contributed by atoms with Crippen LogP contribution in [0.2, 0.25) is 0 Å². The predicted octanol–water partition coefficient (Wildman–Crippen LogP) is 15.7. The molecule has 0 spiro atoms. The monoisotopic (exact) mass is 1010 g/mol. The van der Waals surface area contributed by atoms with Crippen molar-refractivity contribution in [1.29, 1.82) is 0 Å². The van der Waals surface area contributed by atoms with Crippen molar-refractivity contribution >= 4 is 18.7 Å². The second-order valence-corrected chi connectivity index (χ2v) is 22.5. The summed E-state index contributed by atoms with van der Waals surface area (Å²) < 4.78 is 12.7. The van der Waals surface area contributed by atoms with E-state index in [1.165, 1.54) is 72.3 Å². The van der Waals surface area contributed by atoms with Crippen molar-refractivity contribution in [3.05, 3.63) is 158 Å². The summed E-state index contributed by atoms with van der Waals surface area (Å²) >= 11 is 0. The Labute approximate surface area is 449 Å². The zero-order valence-electron chi connectivity index (χ0n) is 49.0. The first-order chi connectivity index (χ1) is 34.9. The fraction of sp³-hybridized carbons (Fsp3) is 0.537. The minimum absolute atomic E-state index is 0.00617. The van der Waals surface area contributed by atoms with Gasteiger partial charge in [-0.1, -0.05) is 165 Å². The number of benzene rings is 5. The predicted molar refractivity (Wildman–Crippen MR) is 311 cm³/mol. The Kier molecular flexibility index (Phi) is 22.1. The highest BCUT2D eigenvalue weighted by Gasteiger charge is 2.52. The van der Waals surface area contributed by atoms with E-state index in [4.69, 9.17) is 18.9 Å². The van der Waals surface area contributed by atoms with E-state index in [0.29, 0.717) is 0 Å². The number of aryl methyl sites for hydroxylation is 7. The molecule has 1 aliphatic rings. The van der Waals surface area contributed by atoms with Gasteiger partial charge in [-0.05, 0) is 211 Å². The molecule has 0 amide bonds. The van der Waals surface area contributed by atoms with Gasteiger partial charge in [-0.3, -0.25) is 0 Å². The zero-order chi connectivity index (χ0) is 55.3. The summed E-state index contributed by atoms with van der Waals surface area (Å²) in [5.41, 5.74) is 16.7. The van der Waals surface area contributed by atoms with Gasteiger partial charge in [0.2, 0.25) is 0 Å². The lowest BCUT2D eigenvalue weighted by Gasteiger charge is -2.34. The quantitative estimate of drug-likeness (QED) is 0.0712. The fourth-order valence-electron chi connectivity index (χ4n) is 11.4. The highest BCUT2D eigenvalue weighted by molar-refractivity contribution is 6.62. The van der Waals surface area contributed by atoms with Crippen LogP contribution < -0.4 is 5.46 Å². The molecule has 6 rings (SSSR count). The first-order valence-corrected chi connectivity index (χ1v) is 28.3. The molecule has 1 heterocycles. The van der Waals surface area contributed by atoms with Crippen LogP contribution in [0.1, 0.15) is 215 Å². The molecule has 6 nitrogen and oxygen atoms in total. The van der Waals surface area contributed by atoms with Gasteiger partial charge in [-0.25, -0.2) is 0 Å². The summed E-state index contributed by atoms with van der Waals surface area (Å²) in [7, 11) is -0.340. The van der Waals surface area contributed by atoms with E-state index in [1.54, 1.807) is 0 Å². The first kappa shape index (κ1) is 61.9. The highest BCUT2D eigenvalue weighted by atomic mass is 16.7. The Morgan fingerprint density at radius 1 is 0.473 bits per heavy atom. The molecule has 1 aliphatic heterocycles. The first-order valence-electron chi connectivity index (χ1n) is 28.3. The summed E-state index contributed by atoms with van der Waals surface area (Å²) in [5, 5.41) is 21.5. The Morgan fingerprint density at radius 2 is 0.824 bits per heavy atom. The van der Waals surface area contributed by atoms with Crippen LogP contribution in [0.4, 0.5) is 0 Å². The lowest BCUT2D eigenvalue weighted by molar-refractivity contribution is -0.191. The molecule has 1 saturated heterocycles. The van der Waals surface area contributed by atoms with E-state index in [0.717, 1.165) is 88.9 Å². The highest BCUT2D eigenvalue weighted by Crippen LogP contribution is 2.43. The van der Waals surface area contributed by atoms with Crippen molar-refractivity contribution in [3.8, 4) is 11.1 Å². The molecular formula is C67H95BO6. The summed E-state index contributed by atoms with van der Waals surface area (Å²) in [6.07, 6.45) is 12.2. The van der Waals surface area contributed by atoms with Crippen molar-refractivity contribution < 1.29 is 29.1 Å². The maximum absolute atomic E-state index is 10.8. The Balaban J connectivity index is 0.000000304. The van der Waals surface area contributed by atoms with E-state index < -0.39 is 11.2 Å². The average molecular weight is 1010 g/mol. The van der Waals surface area contributed by atoms with Gasteiger partial charge in [0.05, 0.1) is 22.4 Å². The van der Waals surface area contributed by atoms with Crippen LogP contribution in [0.25, 0.3) is 11.1 Å². The van der Waals surface area contributed by atoms with Gasteiger partial charge in [0.1, 0.15) is 0 Å². The Morgan fingerprint density at radius 3 is 1.15 bits per heavy atom. The molecule has 1 fully saturated rings. The normalized spacial score (nSPS) is 14.4. The maximum Gasteiger partial charge on any atom is 0.495 e. The zero-order valence-corrected chi connectivity index (χ0v) is 49.0. The maximum atomic E-state index is 10.8. The largest absolute Gasteiger partial charge is 0.495 e.